The topological polar surface area (TPSA) is 0 Å². The maximum absolute atomic E-state index is 16.3. The lowest BCUT2D eigenvalue weighted by Gasteiger charge is -2.38. The normalized spacial score (nSPS) is 12.1. The van der Waals surface area contributed by atoms with Crippen LogP contribution < -0.4 is 0 Å². The number of rotatable bonds is 7. The van der Waals surface area contributed by atoms with Crippen molar-refractivity contribution in [2.24, 2.45) is 0 Å². The highest BCUT2D eigenvalue weighted by Gasteiger charge is 2.44. The Morgan fingerprint density at radius 3 is 0.875 bits per heavy atom. The Morgan fingerprint density at radius 2 is 0.571 bits per heavy atom. The monoisotopic (exact) mass is 794 g/mol. The van der Waals surface area contributed by atoms with Gasteiger partial charge in [-0.05, 0) is 68.1 Å². The Bertz CT molecular complexity index is 2560. The van der Waals surface area contributed by atoms with Crippen molar-refractivity contribution in [2.75, 3.05) is 0 Å². The lowest BCUT2D eigenvalue weighted by atomic mass is 9.73. The summed E-state index contributed by atoms with van der Waals surface area (Å²) in [6.07, 6.45) is 0. The maximum Gasteiger partial charge on any atom is 0.163 e. The molecule has 0 aliphatic heterocycles. The van der Waals surface area contributed by atoms with E-state index in [-0.39, 0.29) is 44.5 Å². The minimum atomic E-state index is -2.08. The molecule has 0 amide bonds. The summed E-state index contributed by atoms with van der Waals surface area (Å²) in [6.45, 7) is 0. The van der Waals surface area contributed by atoms with Crippen LogP contribution in [-0.4, -0.2) is 0 Å². The van der Waals surface area contributed by atoms with E-state index in [4.69, 9.17) is 0 Å². The second-order valence-corrected chi connectivity index (χ2v) is 15.2. The highest BCUT2D eigenvalue weighted by molar-refractivity contribution is 7.19. The summed E-state index contributed by atoms with van der Waals surface area (Å²) in [4.78, 5) is 0. The van der Waals surface area contributed by atoms with Gasteiger partial charge in [0.25, 0.3) is 0 Å². The Balaban J connectivity index is 1.64. The smallest absolute Gasteiger partial charge is 0.163 e. The number of benzene rings is 8. The molecule has 0 saturated heterocycles. The van der Waals surface area contributed by atoms with Gasteiger partial charge in [0.2, 0.25) is 0 Å². The predicted molar refractivity (Wildman–Crippen MR) is 212 cm³/mol. The van der Waals surface area contributed by atoms with E-state index in [1.807, 2.05) is 0 Å². The molecule has 0 N–H and O–H groups in total. The second-order valence-electron chi connectivity index (χ2n) is 13.4. The highest BCUT2D eigenvalue weighted by Crippen LogP contribution is 2.57. The molecule has 0 fully saturated rings. The SMILES string of the molecule is Fc1cccc(C(P)(c2cccc(F)c2F)c2ccc3ccccc3c2-c2c(C(P)(c3cccc(F)c3F)c3cccc(F)c3F)ccc3ccccc23)c1F. The molecule has 0 spiro atoms. The van der Waals surface area contributed by atoms with Crippen molar-refractivity contribution in [1.82, 2.24) is 0 Å². The van der Waals surface area contributed by atoms with Crippen LogP contribution >= 0.6 is 18.5 Å². The molecule has 0 aromatic heterocycles. The van der Waals surface area contributed by atoms with Crippen molar-refractivity contribution in [3.05, 3.63) is 226 Å². The largest absolute Gasteiger partial charge is 0.204 e. The van der Waals surface area contributed by atoms with Crippen LogP contribution in [0, 0.1) is 46.5 Å². The van der Waals surface area contributed by atoms with Crippen LogP contribution in [0.5, 0.6) is 0 Å². The fourth-order valence-electron chi connectivity index (χ4n) is 7.84. The van der Waals surface area contributed by atoms with Crippen molar-refractivity contribution in [2.45, 2.75) is 10.3 Å². The summed E-state index contributed by atoms with van der Waals surface area (Å²) in [7, 11) is 4.86. The zero-order valence-electron chi connectivity index (χ0n) is 29.0. The third-order valence-electron chi connectivity index (χ3n) is 10.5. The molecule has 8 aromatic rings. The molecule has 0 heterocycles. The van der Waals surface area contributed by atoms with Crippen LogP contribution in [-0.2, 0) is 10.3 Å². The van der Waals surface area contributed by atoms with E-state index in [0.29, 0.717) is 21.5 Å². The van der Waals surface area contributed by atoms with Gasteiger partial charge in [0, 0.05) is 22.3 Å². The summed E-state index contributed by atoms with van der Waals surface area (Å²) < 4.78 is 126. The molecule has 2 atom stereocenters. The Kier molecular flexibility index (Phi) is 9.55. The molecule has 2 unspecified atom stereocenters. The predicted octanol–water partition coefficient (Wildman–Crippen LogP) is 13.1. The lowest BCUT2D eigenvalue weighted by Crippen LogP contribution is -2.28. The number of hydrogen-bond acceptors (Lipinski definition) is 0. The molecular weight excluding hydrogens is 766 g/mol. The highest BCUT2D eigenvalue weighted by atomic mass is 31.0. The van der Waals surface area contributed by atoms with Gasteiger partial charge in [-0.3, -0.25) is 0 Å². The molecule has 0 saturated carbocycles. The summed E-state index contributed by atoms with van der Waals surface area (Å²) in [6, 6.07) is 34.3. The van der Waals surface area contributed by atoms with Gasteiger partial charge in [-0.15, -0.1) is 18.5 Å². The van der Waals surface area contributed by atoms with E-state index in [1.54, 1.807) is 72.8 Å². The molecule has 10 heteroatoms. The fraction of sp³-hybridized carbons (Fsp3) is 0.0435. The zero-order valence-corrected chi connectivity index (χ0v) is 31.3. The maximum atomic E-state index is 16.3. The molecule has 8 aromatic carbocycles. The van der Waals surface area contributed by atoms with Crippen molar-refractivity contribution in [3.63, 3.8) is 0 Å². The fourth-order valence-corrected chi connectivity index (χ4v) is 9.22. The number of hydrogen-bond donors (Lipinski definition) is 0. The number of fused-ring (bicyclic) bond motifs is 2. The summed E-state index contributed by atoms with van der Waals surface area (Å²) >= 11 is 0. The summed E-state index contributed by atoms with van der Waals surface area (Å²) in [5.41, 5.74) is -0.691. The van der Waals surface area contributed by atoms with Gasteiger partial charge in [0.1, 0.15) is 0 Å². The molecule has 0 nitrogen and oxygen atoms in total. The molecule has 0 bridgehead atoms. The number of halogens is 8. The summed E-state index contributed by atoms with van der Waals surface area (Å²) in [5.74, 6) is -10.3. The molecule has 56 heavy (non-hydrogen) atoms. The first-order valence-corrected chi connectivity index (χ1v) is 18.4. The van der Waals surface area contributed by atoms with Gasteiger partial charge in [-0.1, -0.05) is 121 Å². The van der Waals surface area contributed by atoms with E-state index in [9.17, 15) is 0 Å². The first-order valence-electron chi connectivity index (χ1n) is 17.3. The third-order valence-corrected chi connectivity index (χ3v) is 12.3. The van der Waals surface area contributed by atoms with Crippen LogP contribution in [0.2, 0.25) is 0 Å². The van der Waals surface area contributed by atoms with Gasteiger partial charge in [0.15, 0.2) is 46.5 Å². The van der Waals surface area contributed by atoms with E-state index in [0.717, 1.165) is 24.3 Å². The minimum absolute atomic E-state index is 0.125. The second kappa shape index (κ2) is 14.3. The van der Waals surface area contributed by atoms with Crippen LogP contribution in [0.3, 0.4) is 0 Å². The molecule has 8 rings (SSSR count). The standard InChI is InChI=1S/C46H28F8P2/c47-35-17-5-13-31(41(35)51)45(55,32-14-6-18-36(48)42(32)52)29-23-21-25-9-1-3-11-27(25)39(29)40-28-12-4-2-10-26(28)22-24-30(40)46(56,33-15-7-19-37(49)43(33)53)34-16-8-20-38(50)44(34)54/h1-24H,55-56H2. The Hall–Kier alpha value is -5.42. The average molecular weight is 795 g/mol. The van der Waals surface area contributed by atoms with Gasteiger partial charge in [-0.25, -0.2) is 35.1 Å². The van der Waals surface area contributed by atoms with Gasteiger partial charge in [-0.2, -0.15) is 0 Å². The zero-order chi connectivity index (χ0) is 39.5. The van der Waals surface area contributed by atoms with Crippen molar-refractivity contribution < 1.29 is 35.1 Å². The first-order chi connectivity index (χ1) is 26.9. The van der Waals surface area contributed by atoms with Gasteiger partial charge in [0.05, 0.1) is 10.3 Å². The molecule has 278 valence electrons. The van der Waals surface area contributed by atoms with Crippen molar-refractivity contribution >= 4 is 40.0 Å². The molecule has 0 aliphatic carbocycles. The van der Waals surface area contributed by atoms with E-state index in [2.05, 4.69) is 18.5 Å². The Labute approximate surface area is 321 Å². The van der Waals surface area contributed by atoms with Crippen molar-refractivity contribution in [1.29, 1.82) is 0 Å². The van der Waals surface area contributed by atoms with Crippen LogP contribution in [0.4, 0.5) is 35.1 Å². The quantitative estimate of drug-likeness (QED) is 0.0856. The first kappa shape index (κ1) is 37.5. The van der Waals surface area contributed by atoms with E-state index < -0.39 is 56.8 Å². The van der Waals surface area contributed by atoms with Gasteiger partial charge < -0.3 is 0 Å². The van der Waals surface area contributed by atoms with Crippen LogP contribution in [0.1, 0.15) is 33.4 Å². The van der Waals surface area contributed by atoms with E-state index in [1.165, 1.54) is 48.5 Å². The Morgan fingerprint density at radius 1 is 0.286 bits per heavy atom. The van der Waals surface area contributed by atoms with Gasteiger partial charge >= 0.3 is 0 Å². The van der Waals surface area contributed by atoms with Crippen molar-refractivity contribution in [3.8, 4) is 11.1 Å². The minimum Gasteiger partial charge on any atom is -0.204 e. The molecular formula is C46H28F8P2. The average Bonchev–Trinajstić information content (AvgIpc) is 3.20. The summed E-state index contributed by atoms with van der Waals surface area (Å²) in [5, 5.41) is -1.95. The lowest BCUT2D eigenvalue weighted by molar-refractivity contribution is 0.479. The molecule has 0 radical (unpaired) electrons. The van der Waals surface area contributed by atoms with Crippen LogP contribution in [0.15, 0.2) is 146 Å². The molecule has 0 aliphatic rings. The van der Waals surface area contributed by atoms with Crippen LogP contribution in [0.25, 0.3) is 32.7 Å². The van der Waals surface area contributed by atoms with E-state index >= 15 is 35.1 Å². The third kappa shape index (κ3) is 5.73.